The Bertz CT molecular complexity index is 1180. The van der Waals surface area contributed by atoms with Gasteiger partial charge in [-0.2, -0.15) is 0 Å². The number of nitrogens with zero attached hydrogens (tertiary/aromatic N) is 1. The quantitative estimate of drug-likeness (QED) is 0.596. The number of hydrogen-bond donors (Lipinski definition) is 0. The third kappa shape index (κ3) is 3.51. The van der Waals surface area contributed by atoms with Crippen molar-refractivity contribution in [3.05, 3.63) is 75.6 Å². The Morgan fingerprint density at radius 3 is 2.81 bits per heavy atom. The molecule has 0 bridgehead atoms. The summed E-state index contributed by atoms with van der Waals surface area (Å²) in [5.74, 6) is 0.590. The van der Waals surface area contributed by atoms with E-state index in [1.807, 2.05) is 24.3 Å². The number of fused-ring (bicyclic) bond motifs is 2. The van der Waals surface area contributed by atoms with E-state index in [9.17, 15) is 9.59 Å². The molecule has 0 radical (unpaired) electrons. The molecule has 0 aliphatic carbocycles. The summed E-state index contributed by atoms with van der Waals surface area (Å²) in [7, 11) is 0. The molecule has 6 nitrogen and oxygen atoms in total. The van der Waals surface area contributed by atoms with Gasteiger partial charge in [0.1, 0.15) is 11.3 Å². The first kappa shape index (κ1) is 19.8. The van der Waals surface area contributed by atoms with Gasteiger partial charge in [-0.15, -0.1) is 0 Å². The van der Waals surface area contributed by atoms with E-state index in [0.717, 1.165) is 30.6 Å². The Hall–Kier alpha value is -3.12. The molecule has 160 valence electrons. The van der Waals surface area contributed by atoms with Crippen LogP contribution in [0.25, 0.3) is 11.0 Å². The lowest BCUT2D eigenvalue weighted by Crippen LogP contribution is -2.36. The maximum Gasteiger partial charge on any atom is 0.291 e. The van der Waals surface area contributed by atoms with E-state index in [2.05, 4.69) is 6.92 Å². The van der Waals surface area contributed by atoms with Crippen LogP contribution in [-0.2, 0) is 4.74 Å². The Labute approximate surface area is 180 Å². The number of rotatable bonds is 6. The first-order chi connectivity index (χ1) is 15.2. The second-order valence-corrected chi connectivity index (χ2v) is 8.09. The van der Waals surface area contributed by atoms with Crippen LogP contribution in [0.5, 0.6) is 5.75 Å². The maximum absolute atomic E-state index is 13.5. The van der Waals surface area contributed by atoms with Crippen LogP contribution in [0.4, 0.5) is 0 Å². The summed E-state index contributed by atoms with van der Waals surface area (Å²) in [6.45, 7) is 3.78. The van der Waals surface area contributed by atoms with Crippen LogP contribution in [-0.4, -0.2) is 36.7 Å². The van der Waals surface area contributed by atoms with Crippen LogP contribution in [0.1, 0.15) is 53.9 Å². The lowest BCUT2D eigenvalue weighted by Gasteiger charge is -2.27. The van der Waals surface area contributed by atoms with E-state index in [0.29, 0.717) is 36.3 Å². The van der Waals surface area contributed by atoms with Crippen molar-refractivity contribution in [1.82, 2.24) is 4.90 Å². The minimum atomic E-state index is -0.530. The molecule has 1 saturated heterocycles. The van der Waals surface area contributed by atoms with E-state index in [1.165, 1.54) is 0 Å². The topological polar surface area (TPSA) is 69.0 Å². The molecule has 0 unspecified atom stereocenters. The van der Waals surface area contributed by atoms with Gasteiger partial charge in [-0.1, -0.05) is 31.2 Å². The molecule has 1 fully saturated rings. The van der Waals surface area contributed by atoms with Gasteiger partial charge in [0.15, 0.2) is 5.43 Å². The molecule has 2 atom stereocenters. The lowest BCUT2D eigenvalue weighted by atomic mass is 9.98. The number of carbonyl (C=O) groups excluding carboxylic acids is 1. The summed E-state index contributed by atoms with van der Waals surface area (Å²) in [6.07, 6.45) is 2.74. The van der Waals surface area contributed by atoms with E-state index in [-0.39, 0.29) is 23.2 Å². The maximum atomic E-state index is 13.5. The average molecular weight is 419 g/mol. The van der Waals surface area contributed by atoms with Crippen molar-refractivity contribution in [1.29, 1.82) is 0 Å². The molecule has 6 heteroatoms. The molecular weight excluding hydrogens is 394 g/mol. The van der Waals surface area contributed by atoms with Gasteiger partial charge >= 0.3 is 0 Å². The Balaban J connectivity index is 1.65. The minimum absolute atomic E-state index is 0.0372. The number of ether oxygens (including phenoxy) is 2. The van der Waals surface area contributed by atoms with Gasteiger partial charge in [0, 0.05) is 13.2 Å². The van der Waals surface area contributed by atoms with E-state index in [1.54, 1.807) is 29.2 Å². The molecule has 3 heterocycles. The first-order valence-corrected chi connectivity index (χ1v) is 10.9. The predicted octanol–water partition coefficient (Wildman–Crippen LogP) is 4.31. The van der Waals surface area contributed by atoms with Crippen molar-refractivity contribution in [3.8, 4) is 5.75 Å². The minimum Gasteiger partial charge on any atom is -0.494 e. The predicted molar refractivity (Wildman–Crippen MR) is 117 cm³/mol. The highest BCUT2D eigenvalue weighted by atomic mass is 16.5. The normalized spacial score (nSPS) is 20.4. The number of amides is 1. The fraction of sp³-hybridized carbons (Fsp3) is 0.360. The van der Waals surface area contributed by atoms with Crippen LogP contribution < -0.4 is 10.2 Å². The van der Waals surface area contributed by atoms with Gasteiger partial charge in [-0.05, 0) is 49.1 Å². The fourth-order valence-corrected chi connectivity index (χ4v) is 4.50. The molecule has 2 aromatic carbocycles. The summed E-state index contributed by atoms with van der Waals surface area (Å²) in [6, 6.07) is 14.2. The van der Waals surface area contributed by atoms with E-state index in [4.69, 9.17) is 13.9 Å². The smallest absolute Gasteiger partial charge is 0.291 e. The van der Waals surface area contributed by atoms with Gasteiger partial charge in [-0.3, -0.25) is 9.59 Å². The van der Waals surface area contributed by atoms with Gasteiger partial charge in [0.05, 0.1) is 29.7 Å². The zero-order chi connectivity index (χ0) is 21.4. The standard InChI is InChI=1S/C25H25NO5/c1-2-12-29-17-8-5-7-16(14-17)22-21-23(27)19-10-3-4-11-20(19)31-24(21)25(28)26(22)15-18-9-6-13-30-18/h3-5,7-8,10-11,14,18,22H,2,6,9,12-13,15H2,1H3/t18-,22-/m1/s1. The zero-order valence-electron chi connectivity index (χ0n) is 17.5. The van der Waals surface area contributed by atoms with Gasteiger partial charge in [0.25, 0.3) is 5.91 Å². The van der Waals surface area contributed by atoms with Crippen LogP contribution >= 0.6 is 0 Å². The van der Waals surface area contributed by atoms with Crippen LogP contribution in [0, 0.1) is 0 Å². The molecule has 0 N–H and O–H groups in total. The van der Waals surface area contributed by atoms with Gasteiger partial charge < -0.3 is 18.8 Å². The second kappa shape index (κ2) is 8.19. The second-order valence-electron chi connectivity index (χ2n) is 8.09. The lowest BCUT2D eigenvalue weighted by molar-refractivity contribution is 0.0486. The summed E-state index contributed by atoms with van der Waals surface area (Å²) in [4.78, 5) is 28.6. The largest absolute Gasteiger partial charge is 0.494 e. The van der Waals surface area contributed by atoms with Crippen LogP contribution in [0.15, 0.2) is 57.7 Å². The molecule has 5 rings (SSSR count). The number of hydrogen-bond acceptors (Lipinski definition) is 5. The van der Waals surface area contributed by atoms with Crippen molar-refractivity contribution in [2.45, 2.75) is 38.3 Å². The highest BCUT2D eigenvalue weighted by molar-refractivity contribution is 5.99. The number of benzene rings is 2. The van der Waals surface area contributed by atoms with Crippen molar-refractivity contribution in [3.63, 3.8) is 0 Å². The molecule has 2 aliphatic rings. The van der Waals surface area contributed by atoms with Crippen LogP contribution in [0.2, 0.25) is 0 Å². The van der Waals surface area contributed by atoms with Crippen LogP contribution in [0.3, 0.4) is 0 Å². The molecule has 3 aromatic rings. The molecule has 1 amide bonds. The molecule has 1 aromatic heterocycles. The summed E-state index contributed by atoms with van der Waals surface area (Å²) >= 11 is 0. The van der Waals surface area contributed by atoms with E-state index < -0.39 is 6.04 Å². The molecular formula is C25H25NO5. The van der Waals surface area contributed by atoms with Crippen molar-refractivity contribution in [2.75, 3.05) is 19.8 Å². The molecule has 31 heavy (non-hydrogen) atoms. The highest BCUT2D eigenvalue weighted by Crippen LogP contribution is 2.39. The zero-order valence-corrected chi connectivity index (χ0v) is 17.5. The SMILES string of the molecule is CCCOc1cccc([C@@H]2c3c(oc4ccccc4c3=O)C(=O)N2C[C@H]2CCCO2)c1. The Morgan fingerprint density at radius 1 is 1.13 bits per heavy atom. The average Bonchev–Trinajstić information content (AvgIpc) is 3.40. The van der Waals surface area contributed by atoms with Crippen molar-refractivity contribution in [2.24, 2.45) is 0 Å². The van der Waals surface area contributed by atoms with Crippen molar-refractivity contribution < 1.29 is 18.7 Å². The monoisotopic (exact) mass is 419 g/mol. The summed E-state index contributed by atoms with van der Waals surface area (Å²) in [5, 5.41) is 0.483. The first-order valence-electron chi connectivity index (χ1n) is 10.9. The van der Waals surface area contributed by atoms with Gasteiger partial charge in [-0.25, -0.2) is 0 Å². The number of carbonyl (C=O) groups is 1. The number of para-hydroxylation sites is 1. The third-order valence-corrected chi connectivity index (χ3v) is 5.94. The molecule has 0 spiro atoms. The highest BCUT2D eigenvalue weighted by Gasteiger charge is 2.44. The van der Waals surface area contributed by atoms with Gasteiger partial charge in [0.2, 0.25) is 5.76 Å². The van der Waals surface area contributed by atoms with Crippen molar-refractivity contribution >= 4 is 16.9 Å². The van der Waals surface area contributed by atoms with E-state index >= 15 is 0 Å². The fourth-order valence-electron chi connectivity index (χ4n) is 4.50. The molecule has 2 aliphatic heterocycles. The Kier molecular flexibility index (Phi) is 5.24. The molecule has 0 saturated carbocycles. The summed E-state index contributed by atoms with van der Waals surface area (Å²) < 4.78 is 17.6. The third-order valence-electron chi connectivity index (χ3n) is 5.94. The Morgan fingerprint density at radius 2 is 2.00 bits per heavy atom. The summed E-state index contributed by atoms with van der Waals surface area (Å²) in [5.41, 5.74) is 1.50.